The molecule has 0 aromatic heterocycles. The smallest absolute Gasteiger partial charge is 0.245 e. The number of hydrogen-bond acceptors (Lipinski definition) is 3. The molecular weight excluding hydrogens is 352 g/mol. The third-order valence-corrected chi connectivity index (χ3v) is 6.31. The van der Waals surface area contributed by atoms with Gasteiger partial charge in [-0.3, -0.25) is 9.59 Å². The minimum atomic E-state index is -0.504. The number of benzene rings is 1. The highest BCUT2D eigenvalue weighted by Gasteiger charge is 2.32. The average Bonchev–Trinajstić information content (AvgIpc) is 2.74. The molecule has 1 atom stereocenters. The number of hydrogen-bond donors (Lipinski definition) is 1. The van der Waals surface area contributed by atoms with Gasteiger partial charge < -0.3 is 15.0 Å². The minimum Gasteiger partial charge on any atom is -0.378 e. The van der Waals surface area contributed by atoms with Crippen LogP contribution in [0.3, 0.4) is 0 Å². The van der Waals surface area contributed by atoms with Gasteiger partial charge in [0.2, 0.25) is 11.8 Å². The summed E-state index contributed by atoms with van der Waals surface area (Å²) in [6.07, 6.45) is 4.61. The number of rotatable bonds is 6. The molecule has 154 valence electrons. The van der Waals surface area contributed by atoms with Crippen LogP contribution in [0.25, 0.3) is 0 Å². The molecule has 1 N–H and O–H groups in total. The van der Waals surface area contributed by atoms with Crippen LogP contribution in [0.4, 0.5) is 0 Å². The van der Waals surface area contributed by atoms with E-state index in [1.165, 1.54) is 0 Å². The van der Waals surface area contributed by atoms with Gasteiger partial charge in [-0.1, -0.05) is 44.2 Å². The van der Waals surface area contributed by atoms with Crippen molar-refractivity contribution < 1.29 is 14.3 Å². The maximum absolute atomic E-state index is 13.1. The van der Waals surface area contributed by atoms with Gasteiger partial charge in [-0.05, 0) is 43.1 Å². The van der Waals surface area contributed by atoms with Crippen molar-refractivity contribution in [2.24, 2.45) is 17.8 Å². The first-order chi connectivity index (χ1) is 13.5. The molecule has 2 amide bonds. The first-order valence-electron chi connectivity index (χ1n) is 10.8. The van der Waals surface area contributed by atoms with Gasteiger partial charge in [-0.2, -0.15) is 0 Å². The van der Waals surface area contributed by atoms with Crippen molar-refractivity contribution in [2.45, 2.75) is 52.0 Å². The lowest BCUT2D eigenvalue weighted by Crippen LogP contribution is -2.53. The fourth-order valence-corrected chi connectivity index (χ4v) is 4.39. The zero-order valence-corrected chi connectivity index (χ0v) is 17.2. The highest BCUT2D eigenvalue weighted by molar-refractivity contribution is 5.88. The molecule has 1 saturated carbocycles. The SMILES string of the molecule is CC(C)C1CCC(C(=O)N[C@H](Cc2ccccc2)C(=O)N2CCOCC2)CC1. The number of carbonyl (C=O) groups excluding carboxylic acids is 2. The zero-order chi connectivity index (χ0) is 19.9. The Morgan fingerprint density at radius 2 is 1.71 bits per heavy atom. The summed E-state index contributed by atoms with van der Waals surface area (Å²) < 4.78 is 5.37. The molecule has 1 aliphatic carbocycles. The van der Waals surface area contributed by atoms with Gasteiger partial charge >= 0.3 is 0 Å². The second-order valence-electron chi connectivity index (χ2n) is 8.54. The predicted molar refractivity (Wildman–Crippen MR) is 110 cm³/mol. The van der Waals surface area contributed by atoms with Gasteiger partial charge in [0.05, 0.1) is 13.2 Å². The zero-order valence-electron chi connectivity index (χ0n) is 17.2. The van der Waals surface area contributed by atoms with E-state index in [4.69, 9.17) is 4.74 Å². The van der Waals surface area contributed by atoms with E-state index in [0.29, 0.717) is 38.6 Å². The standard InChI is InChI=1S/C23H34N2O3/c1-17(2)19-8-10-20(11-9-19)22(26)24-21(16-18-6-4-3-5-7-18)23(27)25-12-14-28-15-13-25/h3-7,17,19-21H,8-16H2,1-2H3,(H,24,26)/t19?,20?,21-/m1/s1. The van der Waals surface area contributed by atoms with Crippen LogP contribution in [0.15, 0.2) is 30.3 Å². The first-order valence-corrected chi connectivity index (χ1v) is 10.8. The van der Waals surface area contributed by atoms with Gasteiger partial charge in [0.15, 0.2) is 0 Å². The molecular formula is C23H34N2O3. The Morgan fingerprint density at radius 1 is 1.07 bits per heavy atom. The van der Waals surface area contributed by atoms with E-state index < -0.39 is 6.04 Å². The van der Waals surface area contributed by atoms with Gasteiger partial charge in [0, 0.05) is 25.4 Å². The van der Waals surface area contributed by atoms with Crippen LogP contribution in [-0.2, 0) is 20.7 Å². The lowest BCUT2D eigenvalue weighted by molar-refractivity contribution is -0.140. The fourth-order valence-electron chi connectivity index (χ4n) is 4.39. The summed E-state index contributed by atoms with van der Waals surface area (Å²) in [7, 11) is 0. The second-order valence-corrected chi connectivity index (χ2v) is 8.54. The highest BCUT2D eigenvalue weighted by atomic mass is 16.5. The normalized spacial score (nSPS) is 24.0. The van der Waals surface area contributed by atoms with Crippen molar-refractivity contribution >= 4 is 11.8 Å². The van der Waals surface area contributed by atoms with Crippen LogP contribution in [-0.4, -0.2) is 49.1 Å². The topological polar surface area (TPSA) is 58.6 Å². The van der Waals surface area contributed by atoms with Crippen LogP contribution in [0.2, 0.25) is 0 Å². The van der Waals surface area contributed by atoms with Crippen molar-refractivity contribution in [1.82, 2.24) is 10.2 Å². The largest absolute Gasteiger partial charge is 0.378 e. The van der Waals surface area contributed by atoms with E-state index in [2.05, 4.69) is 19.2 Å². The van der Waals surface area contributed by atoms with E-state index in [0.717, 1.165) is 37.2 Å². The average molecular weight is 387 g/mol. The summed E-state index contributed by atoms with van der Waals surface area (Å²) in [5.41, 5.74) is 1.07. The van der Waals surface area contributed by atoms with Crippen molar-refractivity contribution in [1.29, 1.82) is 0 Å². The quantitative estimate of drug-likeness (QED) is 0.818. The molecule has 1 aromatic carbocycles. The molecule has 1 aliphatic heterocycles. The van der Waals surface area contributed by atoms with Crippen LogP contribution in [0.1, 0.15) is 45.1 Å². The molecule has 0 bridgehead atoms. The molecule has 0 radical (unpaired) electrons. The summed E-state index contributed by atoms with van der Waals surface area (Å²) in [6.45, 7) is 6.86. The molecule has 1 aromatic rings. The summed E-state index contributed by atoms with van der Waals surface area (Å²) in [4.78, 5) is 27.9. The lowest BCUT2D eigenvalue weighted by Gasteiger charge is -2.33. The highest BCUT2D eigenvalue weighted by Crippen LogP contribution is 2.33. The number of nitrogens with one attached hydrogen (secondary N) is 1. The van der Waals surface area contributed by atoms with E-state index in [-0.39, 0.29) is 17.7 Å². The van der Waals surface area contributed by atoms with Crippen molar-refractivity contribution in [3.05, 3.63) is 35.9 Å². The Balaban J connectivity index is 1.64. The van der Waals surface area contributed by atoms with Gasteiger partial charge in [0.1, 0.15) is 6.04 Å². The van der Waals surface area contributed by atoms with Crippen molar-refractivity contribution in [2.75, 3.05) is 26.3 Å². The molecule has 2 aliphatic rings. The third-order valence-electron chi connectivity index (χ3n) is 6.31. The maximum Gasteiger partial charge on any atom is 0.245 e. The molecule has 5 heteroatoms. The van der Waals surface area contributed by atoms with E-state index in [9.17, 15) is 9.59 Å². The summed E-state index contributed by atoms with van der Waals surface area (Å²) >= 11 is 0. The first kappa shape index (κ1) is 20.8. The van der Waals surface area contributed by atoms with E-state index in [1.54, 1.807) is 0 Å². The molecule has 1 saturated heterocycles. The Hall–Kier alpha value is -1.88. The Morgan fingerprint density at radius 3 is 2.32 bits per heavy atom. The second kappa shape index (κ2) is 10.1. The van der Waals surface area contributed by atoms with Crippen LogP contribution < -0.4 is 5.32 Å². The molecule has 1 heterocycles. The fraction of sp³-hybridized carbons (Fsp3) is 0.652. The summed E-state index contributed by atoms with van der Waals surface area (Å²) in [5, 5.41) is 3.11. The molecule has 0 spiro atoms. The molecule has 5 nitrogen and oxygen atoms in total. The lowest BCUT2D eigenvalue weighted by atomic mass is 9.76. The molecule has 3 rings (SSSR count). The molecule has 0 unspecified atom stereocenters. The number of morpholine rings is 1. The number of carbonyl (C=O) groups is 2. The minimum absolute atomic E-state index is 0.0105. The molecule has 2 fully saturated rings. The summed E-state index contributed by atoms with van der Waals surface area (Å²) in [5.74, 6) is 1.49. The Labute approximate surface area is 168 Å². The third kappa shape index (κ3) is 5.57. The van der Waals surface area contributed by atoms with E-state index >= 15 is 0 Å². The number of nitrogens with zero attached hydrogens (tertiary/aromatic N) is 1. The predicted octanol–water partition coefficient (Wildman–Crippen LogP) is 3.04. The molecule has 28 heavy (non-hydrogen) atoms. The van der Waals surface area contributed by atoms with Crippen molar-refractivity contribution in [3.8, 4) is 0 Å². The van der Waals surface area contributed by atoms with Gasteiger partial charge in [-0.25, -0.2) is 0 Å². The van der Waals surface area contributed by atoms with Gasteiger partial charge in [-0.15, -0.1) is 0 Å². The number of amides is 2. The van der Waals surface area contributed by atoms with Gasteiger partial charge in [0.25, 0.3) is 0 Å². The Bertz CT molecular complexity index is 633. The number of ether oxygens (including phenoxy) is 1. The summed E-state index contributed by atoms with van der Waals surface area (Å²) in [6, 6.07) is 9.44. The maximum atomic E-state index is 13.1. The van der Waals surface area contributed by atoms with Crippen molar-refractivity contribution in [3.63, 3.8) is 0 Å². The van der Waals surface area contributed by atoms with Crippen LogP contribution >= 0.6 is 0 Å². The monoisotopic (exact) mass is 386 g/mol. The van der Waals surface area contributed by atoms with E-state index in [1.807, 2.05) is 35.2 Å². The van der Waals surface area contributed by atoms with Crippen LogP contribution in [0, 0.1) is 17.8 Å². The van der Waals surface area contributed by atoms with Crippen LogP contribution in [0.5, 0.6) is 0 Å². The Kier molecular flexibility index (Phi) is 7.49.